The van der Waals surface area contributed by atoms with Crippen LogP contribution in [0.1, 0.15) is 25.0 Å². The number of morpholine rings is 1. The molecule has 4 nitrogen and oxygen atoms in total. The van der Waals surface area contributed by atoms with Gasteiger partial charge in [0, 0.05) is 18.8 Å². The van der Waals surface area contributed by atoms with Crippen molar-refractivity contribution < 1.29 is 9.53 Å². The lowest BCUT2D eigenvalue weighted by molar-refractivity contribution is -0.142. The molecule has 2 N–H and O–H groups in total. The number of nitrogen functional groups attached to an aromatic ring is 1. The molecule has 0 unspecified atom stereocenters. The minimum atomic E-state index is 0.0996. The highest BCUT2D eigenvalue weighted by Gasteiger charge is 2.25. The molecule has 1 aliphatic heterocycles. The lowest BCUT2D eigenvalue weighted by Crippen LogP contribution is -2.48. The molecule has 2 rings (SSSR count). The zero-order valence-electron chi connectivity index (χ0n) is 11.8. The standard InChI is InChI=1S/C15H22N2O2/c1-10-4-5-14(16)13(6-10)7-15(18)17-8-11(2)19-12(3)9-17/h4-6,11-12H,7-9,16H2,1-3H3/t11-,12-/m1/s1. The third kappa shape index (κ3) is 3.47. The molecule has 2 atom stereocenters. The van der Waals surface area contributed by atoms with Crippen LogP contribution in [0.2, 0.25) is 0 Å². The summed E-state index contributed by atoms with van der Waals surface area (Å²) in [5, 5.41) is 0. The third-order valence-electron chi connectivity index (χ3n) is 3.41. The second kappa shape index (κ2) is 5.61. The van der Waals surface area contributed by atoms with Crippen LogP contribution in [0.15, 0.2) is 18.2 Å². The van der Waals surface area contributed by atoms with Gasteiger partial charge in [-0.2, -0.15) is 0 Å². The van der Waals surface area contributed by atoms with Crippen LogP contribution in [-0.4, -0.2) is 36.1 Å². The Labute approximate surface area is 114 Å². The van der Waals surface area contributed by atoms with E-state index in [0.29, 0.717) is 25.2 Å². The Morgan fingerprint density at radius 3 is 2.63 bits per heavy atom. The highest BCUT2D eigenvalue weighted by Crippen LogP contribution is 2.17. The number of nitrogens with zero attached hydrogens (tertiary/aromatic N) is 1. The smallest absolute Gasteiger partial charge is 0.227 e. The van der Waals surface area contributed by atoms with Crippen LogP contribution in [0.5, 0.6) is 0 Å². The first-order chi connectivity index (χ1) is 8.95. The Kier molecular flexibility index (Phi) is 4.10. The number of amides is 1. The van der Waals surface area contributed by atoms with Gasteiger partial charge in [0.05, 0.1) is 18.6 Å². The van der Waals surface area contributed by atoms with Crippen molar-refractivity contribution in [1.29, 1.82) is 0 Å². The third-order valence-corrected chi connectivity index (χ3v) is 3.41. The van der Waals surface area contributed by atoms with Crippen LogP contribution in [0.25, 0.3) is 0 Å². The second-order valence-electron chi connectivity index (χ2n) is 5.44. The van der Waals surface area contributed by atoms with Crippen LogP contribution in [-0.2, 0) is 16.0 Å². The number of hydrogen-bond acceptors (Lipinski definition) is 3. The molecule has 0 aliphatic carbocycles. The Bertz CT molecular complexity index is 463. The van der Waals surface area contributed by atoms with E-state index in [-0.39, 0.29) is 18.1 Å². The summed E-state index contributed by atoms with van der Waals surface area (Å²) < 4.78 is 5.64. The van der Waals surface area contributed by atoms with Gasteiger partial charge in [0.2, 0.25) is 5.91 Å². The van der Waals surface area contributed by atoms with Crippen LogP contribution in [0, 0.1) is 6.92 Å². The van der Waals surface area contributed by atoms with Gasteiger partial charge in [0.1, 0.15) is 0 Å². The minimum Gasteiger partial charge on any atom is -0.398 e. The second-order valence-corrected chi connectivity index (χ2v) is 5.44. The van der Waals surface area contributed by atoms with Crippen molar-refractivity contribution in [2.75, 3.05) is 18.8 Å². The fourth-order valence-corrected chi connectivity index (χ4v) is 2.54. The average molecular weight is 262 g/mol. The van der Waals surface area contributed by atoms with Crippen molar-refractivity contribution in [3.05, 3.63) is 29.3 Å². The number of carbonyl (C=O) groups excluding carboxylic acids is 1. The number of rotatable bonds is 2. The molecular formula is C15H22N2O2. The van der Waals surface area contributed by atoms with Crippen LogP contribution in [0.3, 0.4) is 0 Å². The van der Waals surface area contributed by atoms with Crippen LogP contribution >= 0.6 is 0 Å². The zero-order chi connectivity index (χ0) is 14.0. The van der Waals surface area contributed by atoms with Gasteiger partial charge in [-0.15, -0.1) is 0 Å². The fourth-order valence-electron chi connectivity index (χ4n) is 2.54. The maximum absolute atomic E-state index is 12.3. The van der Waals surface area contributed by atoms with E-state index in [9.17, 15) is 4.79 Å². The molecule has 0 spiro atoms. The Balaban J connectivity index is 2.06. The normalized spacial score (nSPS) is 23.4. The molecule has 4 heteroatoms. The SMILES string of the molecule is Cc1ccc(N)c(CC(=O)N2C[C@@H](C)O[C@H](C)C2)c1. The lowest BCUT2D eigenvalue weighted by Gasteiger charge is -2.35. The highest BCUT2D eigenvalue weighted by molar-refractivity contribution is 5.80. The predicted molar refractivity (Wildman–Crippen MR) is 75.9 cm³/mol. The summed E-state index contributed by atoms with van der Waals surface area (Å²) >= 11 is 0. The zero-order valence-corrected chi connectivity index (χ0v) is 11.8. The van der Waals surface area contributed by atoms with Gasteiger partial charge < -0.3 is 15.4 Å². The number of carbonyl (C=O) groups is 1. The quantitative estimate of drug-likeness (QED) is 0.826. The first kappa shape index (κ1) is 13.9. The molecule has 1 saturated heterocycles. The molecule has 1 heterocycles. The maximum atomic E-state index is 12.3. The van der Waals surface area contributed by atoms with Gasteiger partial charge in [-0.3, -0.25) is 4.79 Å². The van der Waals surface area contributed by atoms with E-state index in [1.54, 1.807) is 0 Å². The van der Waals surface area contributed by atoms with Gasteiger partial charge in [-0.05, 0) is 32.4 Å². The van der Waals surface area contributed by atoms with E-state index in [0.717, 1.165) is 11.1 Å². The van der Waals surface area contributed by atoms with E-state index >= 15 is 0 Å². The largest absolute Gasteiger partial charge is 0.398 e. The molecule has 1 aromatic carbocycles. The topological polar surface area (TPSA) is 55.6 Å². The monoisotopic (exact) mass is 262 g/mol. The molecule has 0 saturated carbocycles. The maximum Gasteiger partial charge on any atom is 0.227 e. The summed E-state index contributed by atoms with van der Waals surface area (Å²) in [5.41, 5.74) is 8.65. The average Bonchev–Trinajstić information content (AvgIpc) is 2.32. The summed E-state index contributed by atoms with van der Waals surface area (Å²) in [6.45, 7) is 7.32. The molecule has 0 aromatic heterocycles. The summed E-state index contributed by atoms with van der Waals surface area (Å²) in [6.07, 6.45) is 0.567. The molecule has 104 valence electrons. The van der Waals surface area contributed by atoms with E-state index in [4.69, 9.17) is 10.5 Å². The van der Waals surface area contributed by atoms with Crippen LogP contribution < -0.4 is 5.73 Å². The number of hydrogen-bond donors (Lipinski definition) is 1. The molecule has 19 heavy (non-hydrogen) atoms. The van der Waals surface area contributed by atoms with Crippen molar-refractivity contribution >= 4 is 11.6 Å². The Morgan fingerprint density at radius 1 is 1.37 bits per heavy atom. The van der Waals surface area contributed by atoms with Gasteiger partial charge in [-0.1, -0.05) is 17.7 Å². The first-order valence-electron chi connectivity index (χ1n) is 6.74. The molecule has 1 aromatic rings. The van der Waals surface area contributed by atoms with E-state index < -0.39 is 0 Å². The van der Waals surface area contributed by atoms with Gasteiger partial charge in [0.25, 0.3) is 0 Å². The van der Waals surface area contributed by atoms with Gasteiger partial charge >= 0.3 is 0 Å². The molecule has 1 aliphatic rings. The van der Waals surface area contributed by atoms with E-state index in [1.807, 2.05) is 43.9 Å². The Morgan fingerprint density at radius 2 is 2.00 bits per heavy atom. The molecule has 1 fully saturated rings. The number of nitrogens with two attached hydrogens (primary N) is 1. The van der Waals surface area contributed by atoms with Crippen molar-refractivity contribution in [3.8, 4) is 0 Å². The van der Waals surface area contributed by atoms with Gasteiger partial charge in [0.15, 0.2) is 0 Å². The van der Waals surface area contributed by atoms with E-state index in [1.165, 1.54) is 0 Å². The van der Waals surface area contributed by atoms with Crippen molar-refractivity contribution in [2.45, 2.75) is 39.4 Å². The number of benzene rings is 1. The first-order valence-corrected chi connectivity index (χ1v) is 6.74. The van der Waals surface area contributed by atoms with Crippen molar-refractivity contribution in [1.82, 2.24) is 4.90 Å². The molecular weight excluding hydrogens is 240 g/mol. The fraction of sp³-hybridized carbons (Fsp3) is 0.533. The molecule has 0 radical (unpaired) electrons. The van der Waals surface area contributed by atoms with E-state index in [2.05, 4.69) is 0 Å². The molecule has 0 bridgehead atoms. The summed E-state index contributed by atoms with van der Waals surface area (Å²) in [7, 11) is 0. The van der Waals surface area contributed by atoms with Crippen molar-refractivity contribution in [3.63, 3.8) is 0 Å². The lowest BCUT2D eigenvalue weighted by atomic mass is 10.1. The minimum absolute atomic E-state index is 0.0996. The number of anilines is 1. The van der Waals surface area contributed by atoms with Gasteiger partial charge in [-0.25, -0.2) is 0 Å². The summed E-state index contributed by atoms with van der Waals surface area (Å²) in [4.78, 5) is 14.2. The summed E-state index contributed by atoms with van der Waals surface area (Å²) in [6, 6.07) is 5.81. The summed E-state index contributed by atoms with van der Waals surface area (Å²) in [5.74, 6) is 0.124. The van der Waals surface area contributed by atoms with Crippen LogP contribution in [0.4, 0.5) is 5.69 Å². The van der Waals surface area contributed by atoms with Crippen molar-refractivity contribution in [2.24, 2.45) is 0 Å². The number of ether oxygens (including phenoxy) is 1. The number of aryl methyl sites for hydroxylation is 1. The predicted octanol–water partition coefficient (Wildman–Crippen LogP) is 1.76. The Hall–Kier alpha value is -1.55. The highest BCUT2D eigenvalue weighted by atomic mass is 16.5. The molecule has 1 amide bonds.